The van der Waals surface area contributed by atoms with Gasteiger partial charge < -0.3 is 10.6 Å². The first-order chi connectivity index (χ1) is 3.60. The summed E-state index contributed by atoms with van der Waals surface area (Å²) in [6.45, 7) is 4.24. The summed E-state index contributed by atoms with van der Waals surface area (Å²) in [5.74, 6) is 0. The maximum atomic E-state index is 5.81. The molecule has 8 heavy (non-hydrogen) atoms. The number of likely N-dealkylation sites (tertiary alicyclic amines) is 1. The van der Waals surface area contributed by atoms with Gasteiger partial charge >= 0.3 is 0 Å². The van der Waals surface area contributed by atoms with Crippen molar-refractivity contribution in [3.8, 4) is 0 Å². The van der Waals surface area contributed by atoms with Gasteiger partial charge in [-0.3, -0.25) is 0 Å². The molecule has 0 aromatic carbocycles. The zero-order valence-corrected chi connectivity index (χ0v) is 5.41. The largest absolute Gasteiger partial charge is 0.466 e. The van der Waals surface area contributed by atoms with Crippen LogP contribution >= 0.6 is 0 Å². The number of nitrogens with one attached hydrogen (secondary N) is 1. The monoisotopic (exact) mass is 114 g/mol. The van der Waals surface area contributed by atoms with Gasteiger partial charge in [-0.1, -0.05) is 0 Å². The maximum Gasteiger partial charge on any atom is 0.0713 e. The quantitative estimate of drug-likeness (QED) is 0.380. The minimum atomic E-state index is 0.0666. The lowest BCUT2D eigenvalue weighted by molar-refractivity contribution is -0.841. The highest BCUT2D eigenvalue weighted by Gasteiger charge is 2.28. The van der Waals surface area contributed by atoms with Crippen LogP contribution in [-0.4, -0.2) is 18.6 Å². The predicted octanol–water partition coefficient (Wildman–Crippen LogP) is -1.22. The Bertz CT molecular complexity index is 88.5. The van der Waals surface area contributed by atoms with Crippen molar-refractivity contribution >= 4 is 0 Å². The van der Waals surface area contributed by atoms with E-state index in [1.54, 1.807) is 0 Å². The summed E-state index contributed by atoms with van der Waals surface area (Å²) in [6, 6.07) is 0. The van der Waals surface area contributed by atoms with E-state index in [1.165, 1.54) is 4.90 Å². The Hall–Kier alpha value is -0.0800. The highest BCUT2D eigenvalue weighted by molar-refractivity contribution is 4.80. The molecule has 0 spiro atoms. The molecule has 0 radical (unpaired) electrons. The average molecular weight is 114 g/mol. The molecule has 1 unspecified atom stereocenters. The van der Waals surface area contributed by atoms with E-state index in [2.05, 4.69) is 14.0 Å². The summed E-state index contributed by atoms with van der Waals surface area (Å²) in [5, 5.41) is 0. The van der Waals surface area contributed by atoms with Gasteiger partial charge in [0.25, 0.3) is 0 Å². The summed E-state index contributed by atoms with van der Waals surface area (Å²) in [7, 11) is 3.87. The van der Waals surface area contributed by atoms with Crippen molar-refractivity contribution in [1.82, 2.24) is 0 Å². The third kappa shape index (κ3) is 1.20. The minimum Gasteiger partial charge on any atom is -0.466 e. The lowest BCUT2D eigenvalue weighted by Gasteiger charge is -2.16. The molecule has 0 aliphatic carbocycles. The minimum absolute atomic E-state index is 0.0666. The Morgan fingerprint density at radius 1 is 1.75 bits per heavy atom. The van der Waals surface area contributed by atoms with Gasteiger partial charge in [-0.2, -0.15) is 7.05 Å². The highest BCUT2D eigenvalue weighted by Crippen LogP contribution is 2.03. The molecule has 1 heterocycles. The van der Waals surface area contributed by atoms with E-state index < -0.39 is 0 Å². The molecule has 2 heteroatoms. The summed E-state index contributed by atoms with van der Waals surface area (Å²) >= 11 is 0. The molecule has 0 amide bonds. The van der Waals surface area contributed by atoms with Gasteiger partial charge in [0.1, 0.15) is 0 Å². The van der Waals surface area contributed by atoms with Crippen molar-refractivity contribution in [1.29, 1.82) is 0 Å². The third-order valence-corrected chi connectivity index (χ3v) is 1.70. The molecule has 1 aliphatic heterocycles. The molecule has 1 saturated heterocycles. The Labute approximate surface area is 50.7 Å². The number of rotatable bonds is 0. The Balaban J connectivity index is 2.44. The molecular formula is C6H14N2. The van der Waals surface area contributed by atoms with E-state index in [0.717, 1.165) is 19.5 Å². The Kier molecular flexibility index (Phi) is 1.29. The molecule has 2 atom stereocenters. The zero-order valence-electron chi connectivity index (χ0n) is 5.41. The number of hydrogen-bond donors (Lipinski definition) is 2. The lowest BCUT2D eigenvalue weighted by Crippen LogP contribution is -3.05. The fraction of sp³-hybridized carbons (Fsp3) is 0.833. The molecule has 1 rings (SSSR count). The van der Waals surface area contributed by atoms with Gasteiger partial charge in [-0.15, -0.1) is 0 Å². The van der Waals surface area contributed by atoms with Crippen LogP contribution in [-0.2, 0) is 0 Å². The Morgan fingerprint density at radius 2 is 2.38 bits per heavy atom. The van der Waals surface area contributed by atoms with Crippen LogP contribution in [0, 0.1) is 7.05 Å². The van der Waals surface area contributed by atoms with Gasteiger partial charge in [0.15, 0.2) is 0 Å². The van der Waals surface area contributed by atoms with Crippen LogP contribution in [0.2, 0.25) is 0 Å². The van der Waals surface area contributed by atoms with Crippen molar-refractivity contribution in [2.45, 2.75) is 18.9 Å². The van der Waals surface area contributed by atoms with Crippen molar-refractivity contribution in [3.63, 3.8) is 0 Å². The molecule has 2 nitrogen and oxygen atoms in total. The Morgan fingerprint density at radius 3 is 2.50 bits per heavy atom. The first kappa shape index (κ1) is 6.05. The standard InChI is InChI=1S/C6H14N2/c1-6(7)3-4-8(2)5-6/h8H,2-5,7H2,1H3/t6-/m1/s1. The number of quaternary nitrogens is 1. The highest BCUT2D eigenvalue weighted by atomic mass is 15.1. The van der Waals surface area contributed by atoms with E-state index in [0.29, 0.717) is 0 Å². The number of hydrogen-bond acceptors (Lipinski definition) is 1. The molecule has 0 aromatic heterocycles. The van der Waals surface area contributed by atoms with E-state index in [1.807, 2.05) is 0 Å². The topological polar surface area (TPSA) is 30.5 Å². The molecule has 0 saturated carbocycles. The fourth-order valence-corrected chi connectivity index (χ4v) is 1.21. The van der Waals surface area contributed by atoms with Crippen molar-refractivity contribution in [2.24, 2.45) is 5.73 Å². The maximum absolute atomic E-state index is 5.81. The lowest BCUT2D eigenvalue weighted by atomic mass is 10.0. The van der Waals surface area contributed by atoms with Gasteiger partial charge in [-0.05, 0) is 6.92 Å². The normalized spacial score (nSPS) is 47.6. The molecular weight excluding hydrogens is 100 g/mol. The molecule has 48 valence electrons. The van der Waals surface area contributed by atoms with Gasteiger partial charge in [0.05, 0.1) is 18.6 Å². The molecule has 0 aromatic rings. The summed E-state index contributed by atoms with van der Waals surface area (Å²) in [5.41, 5.74) is 5.87. The first-order valence-corrected chi connectivity index (χ1v) is 3.06. The van der Waals surface area contributed by atoms with E-state index in [9.17, 15) is 0 Å². The van der Waals surface area contributed by atoms with Gasteiger partial charge in [0.2, 0.25) is 0 Å². The van der Waals surface area contributed by atoms with Gasteiger partial charge in [-0.25, -0.2) is 0 Å². The summed E-state index contributed by atoms with van der Waals surface area (Å²) < 4.78 is 0. The SMILES string of the molecule is [CH2-][NH+]1CC[C@@](C)(N)C1. The predicted molar refractivity (Wildman–Crippen MR) is 33.3 cm³/mol. The smallest absolute Gasteiger partial charge is 0.0713 e. The van der Waals surface area contributed by atoms with E-state index in [-0.39, 0.29) is 5.54 Å². The van der Waals surface area contributed by atoms with Crippen LogP contribution in [0.5, 0.6) is 0 Å². The van der Waals surface area contributed by atoms with E-state index >= 15 is 0 Å². The molecule has 1 fully saturated rings. The second kappa shape index (κ2) is 1.71. The third-order valence-electron chi connectivity index (χ3n) is 1.70. The van der Waals surface area contributed by atoms with Gasteiger partial charge in [0, 0.05) is 6.42 Å². The first-order valence-electron chi connectivity index (χ1n) is 3.06. The average Bonchev–Trinajstić information content (AvgIpc) is 1.82. The molecule has 1 aliphatic rings. The van der Waals surface area contributed by atoms with Crippen molar-refractivity contribution in [2.75, 3.05) is 13.1 Å². The summed E-state index contributed by atoms with van der Waals surface area (Å²) in [6.07, 6.45) is 1.12. The second-order valence-corrected chi connectivity index (χ2v) is 3.08. The van der Waals surface area contributed by atoms with Crippen LogP contribution in [0.4, 0.5) is 0 Å². The van der Waals surface area contributed by atoms with Crippen LogP contribution in [0.25, 0.3) is 0 Å². The molecule has 0 bridgehead atoms. The van der Waals surface area contributed by atoms with Crippen molar-refractivity contribution < 1.29 is 4.90 Å². The molecule has 3 N–H and O–H groups in total. The van der Waals surface area contributed by atoms with Crippen LogP contribution in [0.3, 0.4) is 0 Å². The van der Waals surface area contributed by atoms with Crippen molar-refractivity contribution in [3.05, 3.63) is 7.05 Å². The zero-order chi connectivity index (χ0) is 6.20. The van der Waals surface area contributed by atoms with Crippen LogP contribution < -0.4 is 10.6 Å². The second-order valence-electron chi connectivity index (χ2n) is 3.08. The number of nitrogens with two attached hydrogens (primary N) is 1. The van der Waals surface area contributed by atoms with E-state index in [4.69, 9.17) is 5.73 Å². The fourth-order valence-electron chi connectivity index (χ4n) is 1.21. The summed E-state index contributed by atoms with van der Waals surface area (Å²) in [4.78, 5) is 1.31. The van der Waals surface area contributed by atoms with Crippen LogP contribution in [0.1, 0.15) is 13.3 Å². The van der Waals surface area contributed by atoms with Crippen LogP contribution in [0.15, 0.2) is 0 Å².